The molecule has 1 fully saturated rings. The molecule has 1 aliphatic carbocycles. The topological polar surface area (TPSA) is 42.0 Å². The molecule has 1 aliphatic rings. The number of nitrogens with one attached hydrogen (secondary N) is 1. The number of halogens is 1. The number of nitrogens with zero attached hydrogens (tertiary/aromatic N) is 1. The fraction of sp³-hybridized carbons (Fsp3) is 0.500. The lowest BCUT2D eigenvalue weighted by atomic mass is 10.2. The Kier molecular flexibility index (Phi) is 3.59. The van der Waals surface area contributed by atoms with Gasteiger partial charge < -0.3 is 5.32 Å². The van der Waals surface area contributed by atoms with Crippen molar-refractivity contribution in [2.75, 3.05) is 6.54 Å². The summed E-state index contributed by atoms with van der Waals surface area (Å²) in [6.07, 6.45) is 4.25. The van der Waals surface area contributed by atoms with Crippen LogP contribution in [0.4, 0.5) is 0 Å². The Bertz CT molecular complexity index is 390. The van der Waals surface area contributed by atoms with Crippen LogP contribution in [-0.2, 0) is 0 Å². The van der Waals surface area contributed by atoms with Crippen molar-refractivity contribution >= 4 is 21.8 Å². The first-order valence-electron chi connectivity index (χ1n) is 5.52. The molecule has 0 aliphatic heterocycles. The van der Waals surface area contributed by atoms with Crippen LogP contribution in [0.5, 0.6) is 0 Å². The molecule has 0 spiro atoms. The van der Waals surface area contributed by atoms with Crippen molar-refractivity contribution in [3.05, 3.63) is 29.6 Å². The normalized spacial score (nSPS) is 16.9. The lowest BCUT2D eigenvalue weighted by molar-refractivity contribution is 0.0952. The van der Waals surface area contributed by atoms with Crippen molar-refractivity contribution in [1.29, 1.82) is 0 Å². The number of hydrogen-bond acceptors (Lipinski definition) is 2. The summed E-state index contributed by atoms with van der Waals surface area (Å²) in [6, 6.07) is 3.59. The zero-order chi connectivity index (χ0) is 11.5. The van der Waals surface area contributed by atoms with Crippen molar-refractivity contribution in [3.63, 3.8) is 0 Å². The minimum absolute atomic E-state index is 0.0318. The van der Waals surface area contributed by atoms with Gasteiger partial charge in [-0.05, 0) is 37.8 Å². The Morgan fingerprint density at radius 1 is 1.69 bits per heavy atom. The number of aryl methyl sites for hydroxylation is 1. The maximum absolute atomic E-state index is 11.8. The molecule has 2 rings (SSSR count). The van der Waals surface area contributed by atoms with Gasteiger partial charge in [-0.15, -0.1) is 0 Å². The largest absolute Gasteiger partial charge is 0.351 e. The average molecular weight is 283 g/mol. The van der Waals surface area contributed by atoms with Gasteiger partial charge in [0.2, 0.25) is 0 Å². The van der Waals surface area contributed by atoms with Crippen LogP contribution >= 0.6 is 15.9 Å². The predicted octanol–water partition coefficient (Wildman–Crippen LogP) is 2.29. The van der Waals surface area contributed by atoms with Crippen LogP contribution in [0.2, 0.25) is 0 Å². The van der Waals surface area contributed by atoms with E-state index in [1.54, 1.807) is 18.3 Å². The molecule has 3 nitrogen and oxygen atoms in total. The summed E-state index contributed by atoms with van der Waals surface area (Å²) in [5, 5.41) is 2.94. The monoisotopic (exact) mass is 282 g/mol. The molecule has 86 valence electrons. The van der Waals surface area contributed by atoms with Gasteiger partial charge in [0.1, 0.15) is 0 Å². The minimum Gasteiger partial charge on any atom is -0.351 e. The maximum Gasteiger partial charge on any atom is 0.253 e. The third-order valence-corrected chi connectivity index (χ3v) is 3.91. The predicted molar refractivity (Wildman–Crippen MR) is 66.7 cm³/mol. The van der Waals surface area contributed by atoms with E-state index in [9.17, 15) is 4.79 Å². The lowest BCUT2D eigenvalue weighted by Crippen LogP contribution is -2.30. The Hall–Kier alpha value is -0.900. The van der Waals surface area contributed by atoms with Crippen molar-refractivity contribution in [1.82, 2.24) is 10.3 Å². The van der Waals surface area contributed by atoms with E-state index in [1.807, 2.05) is 6.92 Å². The number of rotatable bonds is 4. The number of pyridine rings is 1. The van der Waals surface area contributed by atoms with Gasteiger partial charge in [-0.2, -0.15) is 0 Å². The summed E-state index contributed by atoms with van der Waals surface area (Å²) in [5.74, 6) is 0.714. The van der Waals surface area contributed by atoms with E-state index in [4.69, 9.17) is 0 Å². The van der Waals surface area contributed by atoms with Crippen molar-refractivity contribution < 1.29 is 4.79 Å². The molecule has 0 aromatic carbocycles. The first-order valence-corrected chi connectivity index (χ1v) is 6.44. The first-order chi connectivity index (χ1) is 7.68. The second-order valence-corrected chi connectivity index (χ2v) is 5.38. The van der Waals surface area contributed by atoms with Gasteiger partial charge in [-0.1, -0.05) is 15.9 Å². The molecule has 0 saturated heterocycles. The first kappa shape index (κ1) is 11.6. The molecule has 1 unspecified atom stereocenters. The highest BCUT2D eigenvalue weighted by atomic mass is 79.9. The van der Waals surface area contributed by atoms with E-state index in [2.05, 4.69) is 26.2 Å². The Morgan fingerprint density at radius 3 is 3.06 bits per heavy atom. The van der Waals surface area contributed by atoms with Crippen LogP contribution in [0.15, 0.2) is 18.3 Å². The van der Waals surface area contributed by atoms with E-state index < -0.39 is 0 Å². The molecule has 1 aromatic rings. The van der Waals surface area contributed by atoms with Crippen LogP contribution in [0, 0.1) is 12.8 Å². The highest BCUT2D eigenvalue weighted by Crippen LogP contribution is 2.36. The van der Waals surface area contributed by atoms with Crippen LogP contribution in [-0.4, -0.2) is 22.3 Å². The molecule has 1 heterocycles. The highest BCUT2D eigenvalue weighted by Gasteiger charge is 2.29. The van der Waals surface area contributed by atoms with Crippen LogP contribution in [0.3, 0.4) is 0 Å². The summed E-state index contributed by atoms with van der Waals surface area (Å²) in [5.41, 5.74) is 1.44. The second kappa shape index (κ2) is 4.95. The van der Waals surface area contributed by atoms with Crippen LogP contribution < -0.4 is 5.32 Å². The lowest BCUT2D eigenvalue weighted by Gasteiger charge is -2.10. The van der Waals surface area contributed by atoms with E-state index >= 15 is 0 Å². The van der Waals surface area contributed by atoms with Gasteiger partial charge in [-0.3, -0.25) is 9.78 Å². The Morgan fingerprint density at radius 2 is 2.44 bits per heavy atom. The molecular formula is C12H15BrN2O. The van der Waals surface area contributed by atoms with E-state index in [-0.39, 0.29) is 5.91 Å². The molecule has 1 atom stereocenters. The maximum atomic E-state index is 11.8. The number of amides is 1. The standard InChI is InChI=1S/C12H15BrN2O/c1-8-10(3-2-6-14-8)12(16)15-7-11(13)9-4-5-9/h2-3,6,9,11H,4-5,7H2,1H3,(H,15,16). The van der Waals surface area contributed by atoms with E-state index in [1.165, 1.54) is 12.8 Å². The molecule has 1 aromatic heterocycles. The molecule has 1 N–H and O–H groups in total. The van der Waals surface area contributed by atoms with Gasteiger partial charge in [0.05, 0.1) is 5.56 Å². The quantitative estimate of drug-likeness (QED) is 0.861. The van der Waals surface area contributed by atoms with Crippen molar-refractivity contribution in [2.45, 2.75) is 24.6 Å². The van der Waals surface area contributed by atoms with Gasteiger partial charge in [0.25, 0.3) is 5.91 Å². The molecule has 4 heteroatoms. The van der Waals surface area contributed by atoms with Gasteiger partial charge in [-0.25, -0.2) is 0 Å². The summed E-state index contributed by atoms with van der Waals surface area (Å²) in [4.78, 5) is 16.4. The number of alkyl halides is 1. The fourth-order valence-electron chi connectivity index (χ4n) is 1.63. The number of hydrogen-bond donors (Lipinski definition) is 1. The molecular weight excluding hydrogens is 268 g/mol. The van der Waals surface area contributed by atoms with Crippen molar-refractivity contribution in [3.8, 4) is 0 Å². The van der Waals surface area contributed by atoms with Gasteiger partial charge in [0, 0.05) is 23.3 Å². The molecule has 1 saturated carbocycles. The number of aromatic nitrogens is 1. The summed E-state index contributed by atoms with van der Waals surface area (Å²) in [6.45, 7) is 2.54. The van der Waals surface area contributed by atoms with Crippen LogP contribution in [0.25, 0.3) is 0 Å². The smallest absolute Gasteiger partial charge is 0.253 e. The van der Waals surface area contributed by atoms with Gasteiger partial charge >= 0.3 is 0 Å². The van der Waals surface area contributed by atoms with E-state index in [0.717, 1.165) is 11.6 Å². The Balaban J connectivity index is 1.90. The third kappa shape index (κ3) is 2.82. The molecule has 1 amide bonds. The zero-order valence-electron chi connectivity index (χ0n) is 9.24. The third-order valence-electron chi connectivity index (χ3n) is 2.84. The summed E-state index contributed by atoms with van der Waals surface area (Å²) < 4.78 is 0. The minimum atomic E-state index is -0.0318. The Labute approximate surface area is 104 Å². The highest BCUT2D eigenvalue weighted by molar-refractivity contribution is 9.09. The van der Waals surface area contributed by atoms with E-state index in [0.29, 0.717) is 16.9 Å². The summed E-state index contributed by atoms with van der Waals surface area (Å²) in [7, 11) is 0. The fourth-order valence-corrected chi connectivity index (χ4v) is 2.32. The number of carbonyl (C=O) groups is 1. The number of carbonyl (C=O) groups excluding carboxylic acids is 1. The zero-order valence-corrected chi connectivity index (χ0v) is 10.8. The van der Waals surface area contributed by atoms with Gasteiger partial charge in [0.15, 0.2) is 0 Å². The SMILES string of the molecule is Cc1ncccc1C(=O)NCC(Br)C1CC1. The molecule has 16 heavy (non-hydrogen) atoms. The second-order valence-electron chi connectivity index (χ2n) is 4.20. The molecule has 0 radical (unpaired) electrons. The summed E-state index contributed by atoms with van der Waals surface area (Å²) >= 11 is 3.59. The van der Waals surface area contributed by atoms with Crippen molar-refractivity contribution in [2.24, 2.45) is 5.92 Å². The molecule has 0 bridgehead atoms. The van der Waals surface area contributed by atoms with Crippen LogP contribution in [0.1, 0.15) is 28.9 Å². The average Bonchev–Trinajstić information content (AvgIpc) is 3.10.